The molecule has 0 aliphatic carbocycles. The SMILES string of the molecule is CC[C@@H](CCO)Nc1nc(N)c2ncc(Cc3cnc(N4CCCCC4)c(C)c3)n2n1. The van der Waals surface area contributed by atoms with Gasteiger partial charge in [-0.1, -0.05) is 13.0 Å². The van der Waals surface area contributed by atoms with Gasteiger partial charge < -0.3 is 21.1 Å². The summed E-state index contributed by atoms with van der Waals surface area (Å²) in [6.07, 6.45) is 9.66. The van der Waals surface area contributed by atoms with Gasteiger partial charge in [-0.3, -0.25) is 0 Å². The number of nitrogens with two attached hydrogens (primary N) is 1. The number of rotatable bonds is 8. The average Bonchev–Trinajstić information content (AvgIpc) is 3.17. The first-order valence-electron chi connectivity index (χ1n) is 11.2. The van der Waals surface area contributed by atoms with Crippen LogP contribution in [0.5, 0.6) is 0 Å². The fourth-order valence-electron chi connectivity index (χ4n) is 4.22. The number of aliphatic hydroxyl groups excluding tert-OH is 1. The highest BCUT2D eigenvalue weighted by Crippen LogP contribution is 2.23. The van der Waals surface area contributed by atoms with E-state index in [0.717, 1.165) is 36.6 Å². The number of anilines is 3. The fraction of sp³-hybridized carbons (Fsp3) is 0.545. The van der Waals surface area contributed by atoms with Gasteiger partial charge in [-0.05, 0) is 50.2 Å². The number of aryl methyl sites for hydroxylation is 1. The standard InChI is InChI=1S/C22H32N8O/c1-3-17(7-10-31)26-22-27-19(23)21-25-14-18(30(21)28-22)12-16-11-15(2)20(24-13-16)29-8-5-4-6-9-29/h11,13-14,17,31H,3-10,12H2,1-2H3,(H3,23,26,27,28)/t17-/m0/s1. The molecule has 4 N–H and O–H groups in total. The molecule has 166 valence electrons. The number of piperidine rings is 1. The second-order valence-corrected chi connectivity index (χ2v) is 8.28. The molecule has 1 aliphatic rings. The summed E-state index contributed by atoms with van der Waals surface area (Å²) in [7, 11) is 0. The molecule has 9 nitrogen and oxygen atoms in total. The first kappa shape index (κ1) is 21.3. The minimum absolute atomic E-state index is 0.0861. The van der Waals surface area contributed by atoms with Gasteiger partial charge in [0.15, 0.2) is 11.5 Å². The zero-order valence-corrected chi connectivity index (χ0v) is 18.4. The molecule has 0 saturated carbocycles. The summed E-state index contributed by atoms with van der Waals surface area (Å²) in [4.78, 5) is 15.9. The summed E-state index contributed by atoms with van der Waals surface area (Å²) < 4.78 is 1.75. The fourth-order valence-corrected chi connectivity index (χ4v) is 4.22. The topological polar surface area (TPSA) is 117 Å². The van der Waals surface area contributed by atoms with Crippen LogP contribution in [0.25, 0.3) is 5.65 Å². The number of fused-ring (bicyclic) bond motifs is 1. The number of nitrogens with one attached hydrogen (secondary N) is 1. The number of aliphatic hydroxyl groups is 1. The summed E-state index contributed by atoms with van der Waals surface area (Å²) in [6, 6.07) is 2.29. The molecule has 0 radical (unpaired) electrons. The van der Waals surface area contributed by atoms with E-state index in [0.29, 0.717) is 30.3 Å². The van der Waals surface area contributed by atoms with Gasteiger partial charge in [0.1, 0.15) is 5.82 Å². The van der Waals surface area contributed by atoms with Crippen molar-refractivity contribution < 1.29 is 5.11 Å². The van der Waals surface area contributed by atoms with Crippen molar-refractivity contribution in [2.24, 2.45) is 0 Å². The maximum absolute atomic E-state index is 9.24. The Morgan fingerprint density at radius 3 is 2.71 bits per heavy atom. The molecule has 1 atom stereocenters. The third kappa shape index (κ3) is 4.71. The van der Waals surface area contributed by atoms with Crippen LogP contribution in [0, 0.1) is 6.92 Å². The Bertz CT molecular complexity index is 1030. The van der Waals surface area contributed by atoms with E-state index in [4.69, 9.17) is 10.7 Å². The van der Waals surface area contributed by atoms with E-state index in [2.05, 4.69) is 45.2 Å². The third-order valence-electron chi connectivity index (χ3n) is 5.91. The molecule has 0 amide bonds. The van der Waals surface area contributed by atoms with Crippen molar-refractivity contribution in [2.75, 3.05) is 35.6 Å². The highest BCUT2D eigenvalue weighted by molar-refractivity contribution is 5.61. The normalized spacial score (nSPS) is 15.4. The highest BCUT2D eigenvalue weighted by Gasteiger charge is 2.17. The molecular formula is C22H32N8O. The Hall–Kier alpha value is -2.94. The lowest BCUT2D eigenvalue weighted by Gasteiger charge is -2.29. The minimum atomic E-state index is 0.0861. The van der Waals surface area contributed by atoms with Gasteiger partial charge in [0, 0.05) is 38.4 Å². The minimum Gasteiger partial charge on any atom is -0.396 e. The third-order valence-corrected chi connectivity index (χ3v) is 5.91. The average molecular weight is 425 g/mol. The van der Waals surface area contributed by atoms with E-state index < -0.39 is 0 Å². The van der Waals surface area contributed by atoms with Gasteiger partial charge in [-0.15, -0.1) is 5.10 Å². The van der Waals surface area contributed by atoms with Crippen LogP contribution in [0.4, 0.5) is 17.6 Å². The molecule has 9 heteroatoms. The maximum atomic E-state index is 9.24. The van der Waals surface area contributed by atoms with Crippen LogP contribution in [0.15, 0.2) is 18.5 Å². The molecule has 4 rings (SSSR count). The lowest BCUT2D eigenvalue weighted by atomic mass is 10.1. The Labute approximate surface area is 182 Å². The van der Waals surface area contributed by atoms with Crippen LogP contribution in [0.3, 0.4) is 0 Å². The summed E-state index contributed by atoms with van der Waals surface area (Å²) in [5, 5.41) is 17.1. The highest BCUT2D eigenvalue weighted by atomic mass is 16.3. The Morgan fingerprint density at radius 1 is 1.19 bits per heavy atom. The number of pyridine rings is 1. The van der Waals surface area contributed by atoms with Crippen molar-refractivity contribution in [1.82, 2.24) is 24.6 Å². The summed E-state index contributed by atoms with van der Waals surface area (Å²) in [5.74, 6) is 1.87. The number of hydrogen-bond acceptors (Lipinski definition) is 8. The van der Waals surface area contributed by atoms with Gasteiger partial charge in [-0.25, -0.2) is 14.5 Å². The molecule has 0 unspecified atom stereocenters. The van der Waals surface area contributed by atoms with Crippen molar-refractivity contribution in [3.8, 4) is 0 Å². The predicted octanol–water partition coefficient (Wildman–Crippen LogP) is 2.56. The van der Waals surface area contributed by atoms with Crippen molar-refractivity contribution in [2.45, 2.75) is 58.4 Å². The number of hydrogen-bond donors (Lipinski definition) is 3. The van der Waals surface area contributed by atoms with Crippen LogP contribution in [0.2, 0.25) is 0 Å². The zero-order chi connectivity index (χ0) is 21.8. The summed E-state index contributed by atoms with van der Waals surface area (Å²) in [5.41, 5.74) is 9.92. The van der Waals surface area contributed by atoms with Crippen molar-refractivity contribution >= 4 is 23.2 Å². The van der Waals surface area contributed by atoms with Crippen molar-refractivity contribution in [3.05, 3.63) is 35.3 Å². The quantitative estimate of drug-likeness (QED) is 0.505. The van der Waals surface area contributed by atoms with Gasteiger partial charge in [0.25, 0.3) is 0 Å². The number of nitrogens with zero attached hydrogens (tertiary/aromatic N) is 6. The molecular weight excluding hydrogens is 392 g/mol. The van der Waals surface area contributed by atoms with Crippen molar-refractivity contribution in [1.29, 1.82) is 0 Å². The Balaban J connectivity index is 1.57. The van der Waals surface area contributed by atoms with Crippen LogP contribution >= 0.6 is 0 Å². The van der Waals surface area contributed by atoms with Gasteiger partial charge >= 0.3 is 0 Å². The van der Waals surface area contributed by atoms with E-state index in [-0.39, 0.29) is 12.6 Å². The predicted molar refractivity (Wildman–Crippen MR) is 122 cm³/mol. The Kier molecular flexibility index (Phi) is 6.50. The molecule has 1 fully saturated rings. The zero-order valence-electron chi connectivity index (χ0n) is 18.4. The lowest BCUT2D eigenvalue weighted by molar-refractivity contribution is 0.278. The van der Waals surface area contributed by atoms with Crippen LogP contribution < -0.4 is 16.0 Å². The Morgan fingerprint density at radius 2 is 2.00 bits per heavy atom. The molecule has 3 aromatic rings. The molecule has 1 saturated heterocycles. The van der Waals surface area contributed by atoms with E-state index >= 15 is 0 Å². The van der Waals surface area contributed by atoms with E-state index in [1.165, 1.54) is 24.8 Å². The summed E-state index contributed by atoms with van der Waals surface area (Å²) in [6.45, 7) is 6.46. The first-order valence-corrected chi connectivity index (χ1v) is 11.2. The van der Waals surface area contributed by atoms with E-state index in [1.54, 1.807) is 10.7 Å². The second kappa shape index (κ2) is 9.47. The van der Waals surface area contributed by atoms with Gasteiger partial charge in [-0.2, -0.15) is 4.98 Å². The summed E-state index contributed by atoms with van der Waals surface area (Å²) >= 11 is 0. The maximum Gasteiger partial charge on any atom is 0.243 e. The largest absolute Gasteiger partial charge is 0.396 e. The monoisotopic (exact) mass is 424 g/mol. The second-order valence-electron chi connectivity index (χ2n) is 8.28. The molecule has 0 spiro atoms. The van der Waals surface area contributed by atoms with Gasteiger partial charge in [0.2, 0.25) is 5.95 Å². The molecule has 31 heavy (non-hydrogen) atoms. The molecule has 0 bridgehead atoms. The van der Waals surface area contributed by atoms with E-state index in [1.807, 2.05) is 6.20 Å². The number of aromatic nitrogens is 5. The number of nitrogen functional groups attached to an aromatic ring is 1. The van der Waals surface area contributed by atoms with E-state index in [9.17, 15) is 5.11 Å². The van der Waals surface area contributed by atoms with Gasteiger partial charge in [0.05, 0.1) is 11.9 Å². The first-order chi connectivity index (χ1) is 15.1. The lowest BCUT2D eigenvalue weighted by Crippen LogP contribution is -2.30. The molecule has 1 aliphatic heterocycles. The van der Waals surface area contributed by atoms with Crippen LogP contribution in [-0.2, 0) is 6.42 Å². The van der Waals surface area contributed by atoms with Crippen LogP contribution in [-0.4, -0.2) is 55.4 Å². The molecule has 4 heterocycles. The van der Waals surface area contributed by atoms with Crippen molar-refractivity contribution in [3.63, 3.8) is 0 Å². The molecule has 0 aromatic carbocycles. The smallest absolute Gasteiger partial charge is 0.243 e. The molecule has 3 aromatic heterocycles. The van der Waals surface area contributed by atoms with Crippen LogP contribution in [0.1, 0.15) is 55.8 Å². The number of imidazole rings is 1.